The van der Waals surface area contributed by atoms with E-state index in [2.05, 4.69) is 14.7 Å². The van der Waals surface area contributed by atoms with Crippen molar-refractivity contribution >= 4 is 21.7 Å². The quantitative estimate of drug-likeness (QED) is 0.655. The Morgan fingerprint density at radius 3 is 2.38 bits per heavy atom. The van der Waals surface area contributed by atoms with Gasteiger partial charge in [-0.15, -0.1) is 0 Å². The minimum atomic E-state index is -3.84. The highest BCUT2D eigenvalue weighted by Crippen LogP contribution is 2.27. The van der Waals surface area contributed by atoms with Gasteiger partial charge in [0, 0.05) is 6.07 Å². The summed E-state index contributed by atoms with van der Waals surface area (Å²) >= 11 is 0. The van der Waals surface area contributed by atoms with Crippen LogP contribution in [0.4, 0.5) is 5.95 Å². The van der Waals surface area contributed by atoms with Crippen molar-refractivity contribution < 1.29 is 17.9 Å². The molecule has 0 radical (unpaired) electrons. The van der Waals surface area contributed by atoms with Gasteiger partial charge in [-0.25, -0.2) is 18.1 Å². The van der Waals surface area contributed by atoms with E-state index in [0.29, 0.717) is 23.8 Å². The SMILES string of the molecule is O=S(=O)(Nc1nc(Oc2ccccc2)cc(C2=CCCCO2)n1)c1ccccc1. The minimum absolute atomic E-state index is 0.0904. The number of para-hydroxylation sites is 1. The average Bonchev–Trinajstić information content (AvgIpc) is 2.75. The maximum atomic E-state index is 12.7. The Bertz CT molecular complexity index is 1120. The maximum Gasteiger partial charge on any atom is 0.264 e. The molecule has 2 aromatic carbocycles. The van der Waals surface area contributed by atoms with Gasteiger partial charge in [0.1, 0.15) is 17.2 Å². The molecule has 4 rings (SSSR count). The summed E-state index contributed by atoms with van der Waals surface area (Å²) < 4.78 is 39.3. The lowest BCUT2D eigenvalue weighted by Crippen LogP contribution is -2.16. The fourth-order valence-electron chi connectivity index (χ4n) is 2.77. The van der Waals surface area contributed by atoms with E-state index < -0.39 is 10.0 Å². The Morgan fingerprint density at radius 2 is 1.69 bits per heavy atom. The molecule has 7 nitrogen and oxygen atoms in total. The highest BCUT2D eigenvalue weighted by Gasteiger charge is 2.19. The Hall–Kier alpha value is -3.39. The van der Waals surface area contributed by atoms with Crippen LogP contribution in [0.2, 0.25) is 0 Å². The van der Waals surface area contributed by atoms with Crippen molar-refractivity contribution in [1.29, 1.82) is 0 Å². The van der Waals surface area contributed by atoms with Gasteiger partial charge >= 0.3 is 0 Å². The highest BCUT2D eigenvalue weighted by atomic mass is 32.2. The molecular formula is C21H19N3O4S. The van der Waals surface area contributed by atoms with Crippen molar-refractivity contribution in [2.24, 2.45) is 0 Å². The number of nitrogens with zero attached hydrogens (tertiary/aromatic N) is 2. The molecule has 8 heteroatoms. The number of hydrogen-bond donors (Lipinski definition) is 1. The molecule has 29 heavy (non-hydrogen) atoms. The molecule has 148 valence electrons. The van der Waals surface area contributed by atoms with E-state index in [1.165, 1.54) is 12.1 Å². The second kappa shape index (κ2) is 8.32. The van der Waals surface area contributed by atoms with Crippen molar-refractivity contribution in [3.63, 3.8) is 0 Å². The van der Waals surface area contributed by atoms with Gasteiger partial charge in [-0.05, 0) is 43.2 Å². The lowest BCUT2D eigenvalue weighted by atomic mass is 10.2. The second-order valence-corrected chi connectivity index (χ2v) is 7.99. The van der Waals surface area contributed by atoms with E-state index in [4.69, 9.17) is 9.47 Å². The van der Waals surface area contributed by atoms with Crippen LogP contribution < -0.4 is 9.46 Å². The molecule has 1 aromatic heterocycles. The standard InChI is InChI=1S/C21H19N3O4S/c25-29(26,17-11-5-2-6-12-17)24-21-22-18(19-13-7-8-14-27-19)15-20(23-21)28-16-9-3-1-4-10-16/h1-6,9-13,15H,7-8,14H2,(H,22,23,24). The van der Waals surface area contributed by atoms with Crippen LogP contribution in [0, 0.1) is 0 Å². The summed E-state index contributed by atoms with van der Waals surface area (Å²) in [5.41, 5.74) is 0.455. The molecule has 0 amide bonds. The Kier molecular flexibility index (Phi) is 5.44. The van der Waals surface area contributed by atoms with Crippen LogP contribution in [0.1, 0.15) is 18.5 Å². The summed E-state index contributed by atoms with van der Waals surface area (Å²) in [5, 5.41) is 0. The van der Waals surface area contributed by atoms with Gasteiger partial charge in [0.05, 0.1) is 11.5 Å². The summed E-state index contributed by atoms with van der Waals surface area (Å²) in [6, 6.07) is 18.8. The zero-order valence-electron chi connectivity index (χ0n) is 15.5. The monoisotopic (exact) mass is 409 g/mol. The third-order valence-corrected chi connectivity index (χ3v) is 5.48. The topological polar surface area (TPSA) is 90.4 Å². The van der Waals surface area contributed by atoms with E-state index in [-0.39, 0.29) is 16.7 Å². The van der Waals surface area contributed by atoms with E-state index in [1.54, 1.807) is 36.4 Å². The number of hydrogen-bond acceptors (Lipinski definition) is 6. The van der Waals surface area contributed by atoms with Crippen LogP contribution >= 0.6 is 0 Å². The molecule has 0 unspecified atom stereocenters. The average molecular weight is 409 g/mol. The lowest BCUT2D eigenvalue weighted by molar-refractivity contribution is 0.257. The first-order valence-electron chi connectivity index (χ1n) is 9.13. The van der Waals surface area contributed by atoms with Crippen LogP contribution in [0.25, 0.3) is 5.76 Å². The van der Waals surface area contributed by atoms with Crippen LogP contribution in [-0.4, -0.2) is 25.0 Å². The van der Waals surface area contributed by atoms with E-state index in [1.807, 2.05) is 24.3 Å². The molecule has 1 aliphatic rings. The molecule has 0 atom stereocenters. The van der Waals surface area contributed by atoms with Gasteiger partial charge in [0.15, 0.2) is 0 Å². The summed E-state index contributed by atoms with van der Waals surface area (Å²) in [5.74, 6) is 1.28. The largest absolute Gasteiger partial charge is 0.492 e. The second-order valence-electron chi connectivity index (χ2n) is 6.31. The number of sulfonamides is 1. The van der Waals surface area contributed by atoms with E-state index in [0.717, 1.165) is 12.8 Å². The number of anilines is 1. The normalized spacial score (nSPS) is 13.9. The Labute approximate surface area is 169 Å². The first kappa shape index (κ1) is 18.9. The molecule has 3 aromatic rings. The predicted octanol–water partition coefficient (Wildman–Crippen LogP) is 4.22. The number of allylic oxidation sites excluding steroid dienone is 1. The Balaban J connectivity index is 1.70. The smallest absolute Gasteiger partial charge is 0.264 e. The molecule has 0 spiro atoms. The van der Waals surface area contributed by atoms with Gasteiger partial charge < -0.3 is 9.47 Å². The zero-order chi connectivity index (χ0) is 20.1. The first-order chi connectivity index (χ1) is 14.1. The third-order valence-electron chi connectivity index (χ3n) is 4.14. The first-order valence-corrected chi connectivity index (χ1v) is 10.6. The van der Waals surface area contributed by atoms with Crippen LogP contribution in [0.15, 0.2) is 77.7 Å². The molecular weight excluding hydrogens is 390 g/mol. The van der Waals surface area contributed by atoms with Gasteiger partial charge in [-0.3, -0.25) is 0 Å². The fraction of sp³-hybridized carbons (Fsp3) is 0.143. The molecule has 0 aliphatic carbocycles. The number of aromatic nitrogens is 2. The van der Waals surface area contributed by atoms with Crippen LogP contribution in [0.3, 0.4) is 0 Å². The van der Waals surface area contributed by atoms with Crippen molar-refractivity contribution in [2.75, 3.05) is 11.3 Å². The van der Waals surface area contributed by atoms with Crippen molar-refractivity contribution in [2.45, 2.75) is 17.7 Å². The number of rotatable bonds is 6. The predicted molar refractivity (Wildman–Crippen MR) is 109 cm³/mol. The van der Waals surface area contributed by atoms with E-state index >= 15 is 0 Å². The van der Waals surface area contributed by atoms with Crippen molar-refractivity contribution in [1.82, 2.24) is 9.97 Å². The fourth-order valence-corrected chi connectivity index (χ4v) is 3.74. The number of ether oxygens (including phenoxy) is 2. The zero-order valence-corrected chi connectivity index (χ0v) is 16.3. The van der Waals surface area contributed by atoms with E-state index in [9.17, 15) is 8.42 Å². The molecule has 2 heterocycles. The maximum absolute atomic E-state index is 12.7. The lowest BCUT2D eigenvalue weighted by Gasteiger charge is -2.16. The Morgan fingerprint density at radius 1 is 0.966 bits per heavy atom. The molecule has 0 bridgehead atoms. The number of benzene rings is 2. The van der Waals surface area contributed by atoms with Crippen LogP contribution in [-0.2, 0) is 14.8 Å². The van der Waals surface area contributed by atoms with Gasteiger partial charge in [0.25, 0.3) is 10.0 Å². The summed E-state index contributed by atoms with van der Waals surface area (Å²) in [7, 11) is -3.84. The van der Waals surface area contributed by atoms with Crippen molar-refractivity contribution in [3.05, 3.63) is 78.5 Å². The van der Waals surface area contributed by atoms with Gasteiger partial charge in [-0.2, -0.15) is 4.98 Å². The van der Waals surface area contributed by atoms with Crippen molar-refractivity contribution in [3.8, 4) is 11.6 Å². The molecule has 0 saturated carbocycles. The third kappa shape index (κ3) is 4.72. The minimum Gasteiger partial charge on any atom is -0.492 e. The number of nitrogens with one attached hydrogen (secondary N) is 1. The molecule has 1 aliphatic heterocycles. The van der Waals surface area contributed by atoms with Crippen LogP contribution in [0.5, 0.6) is 11.6 Å². The van der Waals surface area contributed by atoms with Gasteiger partial charge in [0.2, 0.25) is 11.8 Å². The summed E-state index contributed by atoms with van der Waals surface area (Å²) in [6.07, 6.45) is 3.71. The van der Waals surface area contributed by atoms with Gasteiger partial charge in [-0.1, -0.05) is 36.4 Å². The highest BCUT2D eigenvalue weighted by molar-refractivity contribution is 7.92. The molecule has 0 fully saturated rings. The summed E-state index contributed by atoms with van der Waals surface area (Å²) in [4.78, 5) is 8.68. The molecule has 0 saturated heterocycles. The molecule has 1 N–H and O–H groups in total. The summed E-state index contributed by atoms with van der Waals surface area (Å²) in [6.45, 7) is 0.579.